The van der Waals surface area contributed by atoms with Gasteiger partial charge in [-0.15, -0.1) is 0 Å². The Morgan fingerprint density at radius 3 is 2.87 bits per heavy atom. The van der Waals surface area contributed by atoms with Gasteiger partial charge in [-0.25, -0.2) is 4.79 Å². The van der Waals surface area contributed by atoms with Crippen LogP contribution in [0.1, 0.15) is 12.2 Å². The summed E-state index contributed by atoms with van der Waals surface area (Å²) in [6.07, 6.45) is -0.0345. The Balaban J connectivity index is 1.78. The van der Waals surface area contributed by atoms with E-state index in [1.165, 1.54) is 0 Å². The van der Waals surface area contributed by atoms with E-state index in [0.717, 1.165) is 4.57 Å². The van der Waals surface area contributed by atoms with Crippen LogP contribution >= 0.6 is 0 Å². The molecular formula is C15H14N4O4. The number of fused-ring (bicyclic) bond motifs is 1. The first kappa shape index (κ1) is 14.8. The van der Waals surface area contributed by atoms with Crippen molar-refractivity contribution < 1.29 is 9.32 Å². The summed E-state index contributed by atoms with van der Waals surface area (Å²) in [4.78, 5) is 38.8. The van der Waals surface area contributed by atoms with Gasteiger partial charge in [0.05, 0.1) is 10.9 Å². The van der Waals surface area contributed by atoms with Gasteiger partial charge in [0.1, 0.15) is 5.76 Å². The first-order chi connectivity index (χ1) is 11.0. The van der Waals surface area contributed by atoms with E-state index in [1.54, 1.807) is 37.3 Å². The number of anilines is 1. The number of amides is 1. The summed E-state index contributed by atoms with van der Waals surface area (Å²) < 4.78 is 5.85. The first-order valence-electron chi connectivity index (χ1n) is 6.99. The molecule has 8 nitrogen and oxygen atoms in total. The standard InChI is InChI=1S/C15H14N4O4/c1-9-8-12(18-23-9)17-13(20)6-7-19-14(21)10-4-2-3-5-11(10)16-15(19)22/h2-5,8H,6-7H2,1H3,(H,16,22)(H,17,18,20). The summed E-state index contributed by atoms with van der Waals surface area (Å²) in [5.74, 6) is 0.507. The van der Waals surface area contributed by atoms with Crippen LogP contribution in [0.3, 0.4) is 0 Å². The molecule has 0 atom stereocenters. The molecule has 2 aromatic heterocycles. The SMILES string of the molecule is Cc1cc(NC(=O)CCn2c(=O)[nH]c3ccccc3c2=O)no1. The van der Waals surface area contributed by atoms with Gasteiger partial charge in [0, 0.05) is 19.0 Å². The molecule has 3 rings (SSSR count). The highest BCUT2D eigenvalue weighted by atomic mass is 16.5. The lowest BCUT2D eigenvalue weighted by Gasteiger charge is -2.06. The topological polar surface area (TPSA) is 110 Å². The lowest BCUT2D eigenvalue weighted by molar-refractivity contribution is -0.116. The molecule has 0 spiro atoms. The number of rotatable bonds is 4. The highest BCUT2D eigenvalue weighted by Crippen LogP contribution is 2.07. The number of aromatic amines is 1. The molecule has 23 heavy (non-hydrogen) atoms. The van der Waals surface area contributed by atoms with Crippen molar-refractivity contribution in [3.63, 3.8) is 0 Å². The quantitative estimate of drug-likeness (QED) is 0.747. The summed E-state index contributed by atoms with van der Waals surface area (Å²) in [6.45, 7) is 1.68. The van der Waals surface area contributed by atoms with Crippen molar-refractivity contribution in [1.29, 1.82) is 0 Å². The minimum absolute atomic E-state index is 0.0261. The predicted octanol–water partition coefficient (Wildman–Crippen LogP) is 1.02. The second-order valence-corrected chi connectivity index (χ2v) is 5.05. The van der Waals surface area contributed by atoms with Gasteiger partial charge in [0.15, 0.2) is 5.82 Å². The van der Waals surface area contributed by atoms with Crippen molar-refractivity contribution >= 4 is 22.6 Å². The van der Waals surface area contributed by atoms with Gasteiger partial charge in [-0.3, -0.25) is 14.2 Å². The molecule has 3 aromatic rings. The lowest BCUT2D eigenvalue weighted by Crippen LogP contribution is -2.36. The largest absolute Gasteiger partial charge is 0.360 e. The summed E-state index contributed by atoms with van der Waals surface area (Å²) in [6, 6.07) is 8.30. The average Bonchev–Trinajstić information content (AvgIpc) is 2.92. The van der Waals surface area contributed by atoms with Crippen molar-refractivity contribution in [1.82, 2.24) is 14.7 Å². The molecule has 1 amide bonds. The maximum Gasteiger partial charge on any atom is 0.328 e. The van der Waals surface area contributed by atoms with E-state index >= 15 is 0 Å². The molecule has 1 aromatic carbocycles. The predicted molar refractivity (Wildman–Crippen MR) is 83.3 cm³/mol. The van der Waals surface area contributed by atoms with Crippen LogP contribution in [0.4, 0.5) is 5.82 Å². The van der Waals surface area contributed by atoms with Gasteiger partial charge in [0.2, 0.25) is 5.91 Å². The van der Waals surface area contributed by atoms with Crippen LogP contribution in [0.2, 0.25) is 0 Å². The minimum Gasteiger partial charge on any atom is -0.360 e. The van der Waals surface area contributed by atoms with Gasteiger partial charge in [-0.2, -0.15) is 0 Å². The third kappa shape index (κ3) is 3.05. The second-order valence-electron chi connectivity index (χ2n) is 5.05. The molecule has 0 aliphatic heterocycles. The number of carbonyl (C=O) groups is 1. The fraction of sp³-hybridized carbons (Fsp3) is 0.200. The number of benzene rings is 1. The minimum atomic E-state index is -0.543. The fourth-order valence-corrected chi connectivity index (χ4v) is 2.25. The van der Waals surface area contributed by atoms with Gasteiger partial charge >= 0.3 is 5.69 Å². The molecular weight excluding hydrogens is 300 g/mol. The molecule has 118 valence electrons. The molecule has 0 radical (unpaired) electrons. The summed E-state index contributed by atoms with van der Waals surface area (Å²) in [7, 11) is 0. The Morgan fingerprint density at radius 2 is 2.13 bits per heavy atom. The number of aryl methyl sites for hydroxylation is 1. The number of nitrogens with zero attached hydrogens (tertiary/aromatic N) is 2. The number of H-pyrrole nitrogens is 1. The molecule has 8 heteroatoms. The molecule has 0 saturated heterocycles. The average molecular weight is 314 g/mol. The van der Waals surface area contributed by atoms with Crippen LogP contribution in [-0.2, 0) is 11.3 Å². The van der Waals surface area contributed by atoms with Crippen molar-refractivity contribution in [3.05, 3.63) is 56.9 Å². The van der Waals surface area contributed by atoms with Crippen LogP contribution in [-0.4, -0.2) is 20.6 Å². The third-order valence-corrected chi connectivity index (χ3v) is 3.35. The molecule has 0 unspecified atom stereocenters. The zero-order chi connectivity index (χ0) is 16.4. The Labute approximate surface area is 129 Å². The van der Waals surface area contributed by atoms with Gasteiger partial charge in [-0.05, 0) is 19.1 Å². The fourth-order valence-electron chi connectivity index (χ4n) is 2.25. The van der Waals surface area contributed by atoms with Gasteiger partial charge in [0.25, 0.3) is 5.56 Å². The molecule has 0 aliphatic carbocycles. The zero-order valence-corrected chi connectivity index (χ0v) is 12.3. The van der Waals surface area contributed by atoms with Crippen LogP contribution in [0.5, 0.6) is 0 Å². The number of aromatic nitrogens is 3. The zero-order valence-electron chi connectivity index (χ0n) is 12.3. The third-order valence-electron chi connectivity index (χ3n) is 3.35. The van der Waals surface area contributed by atoms with E-state index in [-0.39, 0.29) is 18.9 Å². The van der Waals surface area contributed by atoms with E-state index in [1.807, 2.05) is 0 Å². The van der Waals surface area contributed by atoms with Crippen molar-refractivity contribution in [2.24, 2.45) is 0 Å². The number of nitrogens with one attached hydrogen (secondary N) is 2. The maximum absolute atomic E-state index is 12.3. The van der Waals surface area contributed by atoms with Crippen molar-refractivity contribution in [2.45, 2.75) is 19.9 Å². The first-order valence-corrected chi connectivity index (χ1v) is 6.99. The molecule has 2 heterocycles. The summed E-state index contributed by atoms with van der Waals surface area (Å²) in [5.41, 5.74) is -0.491. The Hall–Kier alpha value is -3.16. The molecule has 2 N–H and O–H groups in total. The Kier molecular flexibility index (Phi) is 3.80. The van der Waals surface area contributed by atoms with E-state index < -0.39 is 11.2 Å². The van der Waals surface area contributed by atoms with Gasteiger partial charge in [-0.1, -0.05) is 17.3 Å². The monoisotopic (exact) mass is 314 g/mol. The number of hydrogen-bond donors (Lipinski definition) is 2. The number of para-hydroxylation sites is 1. The Morgan fingerprint density at radius 1 is 1.35 bits per heavy atom. The van der Waals surface area contributed by atoms with Crippen LogP contribution in [0.15, 0.2) is 44.4 Å². The lowest BCUT2D eigenvalue weighted by atomic mass is 10.2. The normalized spacial score (nSPS) is 10.8. The molecule has 0 aliphatic rings. The number of hydrogen-bond acceptors (Lipinski definition) is 5. The highest BCUT2D eigenvalue weighted by Gasteiger charge is 2.10. The van der Waals surface area contributed by atoms with E-state index in [2.05, 4.69) is 15.5 Å². The molecule has 0 bridgehead atoms. The van der Waals surface area contributed by atoms with Crippen LogP contribution < -0.4 is 16.6 Å². The van der Waals surface area contributed by atoms with Crippen molar-refractivity contribution in [2.75, 3.05) is 5.32 Å². The highest BCUT2D eigenvalue weighted by molar-refractivity contribution is 5.89. The molecule has 0 fully saturated rings. The van der Waals surface area contributed by atoms with Gasteiger partial charge < -0.3 is 14.8 Å². The van der Waals surface area contributed by atoms with E-state index in [4.69, 9.17) is 4.52 Å². The summed E-state index contributed by atoms with van der Waals surface area (Å²) >= 11 is 0. The smallest absolute Gasteiger partial charge is 0.328 e. The number of carbonyl (C=O) groups excluding carboxylic acids is 1. The van der Waals surface area contributed by atoms with E-state index in [9.17, 15) is 14.4 Å². The maximum atomic E-state index is 12.3. The Bertz CT molecular complexity index is 983. The van der Waals surface area contributed by atoms with E-state index in [0.29, 0.717) is 22.5 Å². The van der Waals surface area contributed by atoms with Crippen LogP contribution in [0.25, 0.3) is 10.9 Å². The molecule has 0 saturated carbocycles. The van der Waals surface area contributed by atoms with Crippen molar-refractivity contribution in [3.8, 4) is 0 Å². The second kappa shape index (κ2) is 5.91. The summed E-state index contributed by atoms with van der Waals surface area (Å²) in [5, 5.41) is 6.58. The van der Waals surface area contributed by atoms with Crippen LogP contribution in [0, 0.1) is 6.92 Å².